The van der Waals surface area contributed by atoms with Gasteiger partial charge in [-0.3, -0.25) is 4.79 Å². The highest BCUT2D eigenvalue weighted by atomic mass is 16.5. The summed E-state index contributed by atoms with van der Waals surface area (Å²) >= 11 is 0. The van der Waals surface area contributed by atoms with Gasteiger partial charge in [0.1, 0.15) is 11.6 Å². The molecule has 5 heteroatoms. The summed E-state index contributed by atoms with van der Waals surface area (Å²) in [6.07, 6.45) is 1.32. The Labute approximate surface area is 92.4 Å². The van der Waals surface area contributed by atoms with Crippen LogP contribution in [-0.2, 0) is 4.79 Å². The van der Waals surface area contributed by atoms with E-state index in [1.54, 1.807) is 6.07 Å². The van der Waals surface area contributed by atoms with Crippen LogP contribution in [-0.4, -0.2) is 18.1 Å². The van der Waals surface area contributed by atoms with Gasteiger partial charge in [0.15, 0.2) is 11.5 Å². The van der Waals surface area contributed by atoms with Gasteiger partial charge >= 0.3 is 0 Å². The van der Waals surface area contributed by atoms with E-state index in [2.05, 4.69) is 0 Å². The second-order valence-corrected chi connectivity index (χ2v) is 2.97. The third kappa shape index (κ3) is 2.51. The SMILES string of the molecule is COc1cc(C=C(C#N)C(N)=O)ccc1O. The number of methoxy groups -OCH3 is 1. The third-order valence-electron chi connectivity index (χ3n) is 1.90. The fourth-order valence-electron chi connectivity index (χ4n) is 1.11. The molecule has 82 valence electrons. The van der Waals surface area contributed by atoms with Gasteiger partial charge in [-0.1, -0.05) is 6.07 Å². The second-order valence-electron chi connectivity index (χ2n) is 2.97. The van der Waals surface area contributed by atoms with Crippen molar-refractivity contribution in [3.8, 4) is 17.6 Å². The molecule has 1 aromatic carbocycles. The number of ether oxygens (including phenoxy) is 1. The number of benzene rings is 1. The van der Waals surface area contributed by atoms with Crippen molar-refractivity contribution in [1.29, 1.82) is 5.26 Å². The van der Waals surface area contributed by atoms with E-state index >= 15 is 0 Å². The van der Waals surface area contributed by atoms with Gasteiger partial charge in [0, 0.05) is 0 Å². The van der Waals surface area contributed by atoms with E-state index in [-0.39, 0.29) is 17.1 Å². The molecule has 0 aromatic heterocycles. The molecule has 0 bridgehead atoms. The van der Waals surface area contributed by atoms with Gasteiger partial charge in [-0.25, -0.2) is 0 Å². The Balaban J connectivity index is 3.16. The molecule has 0 atom stereocenters. The molecule has 1 aromatic rings. The van der Waals surface area contributed by atoms with Gasteiger partial charge in [-0.05, 0) is 23.8 Å². The van der Waals surface area contributed by atoms with Crippen molar-refractivity contribution in [1.82, 2.24) is 0 Å². The molecule has 16 heavy (non-hydrogen) atoms. The summed E-state index contributed by atoms with van der Waals surface area (Å²) in [4.78, 5) is 10.8. The van der Waals surface area contributed by atoms with E-state index in [9.17, 15) is 9.90 Å². The maximum absolute atomic E-state index is 10.8. The predicted molar refractivity (Wildman–Crippen MR) is 57.4 cm³/mol. The number of primary amides is 1. The highest BCUT2D eigenvalue weighted by molar-refractivity contribution is 6.00. The van der Waals surface area contributed by atoms with Crippen LogP contribution in [0.5, 0.6) is 11.5 Å². The molecule has 0 aliphatic carbocycles. The average Bonchev–Trinajstić information content (AvgIpc) is 2.27. The number of phenolic OH excluding ortho intramolecular Hbond substituents is 1. The first-order valence-electron chi connectivity index (χ1n) is 4.37. The highest BCUT2D eigenvalue weighted by Gasteiger charge is 2.05. The number of nitrogens with two attached hydrogens (primary N) is 1. The van der Waals surface area contributed by atoms with Crippen LogP contribution in [0, 0.1) is 11.3 Å². The molecule has 0 radical (unpaired) electrons. The zero-order valence-corrected chi connectivity index (χ0v) is 8.60. The van der Waals surface area contributed by atoms with Crippen molar-refractivity contribution in [3.05, 3.63) is 29.3 Å². The quantitative estimate of drug-likeness (QED) is 0.579. The number of nitrogens with zero attached hydrogens (tertiary/aromatic N) is 1. The lowest BCUT2D eigenvalue weighted by atomic mass is 10.1. The fourth-order valence-corrected chi connectivity index (χ4v) is 1.11. The number of hydrogen-bond donors (Lipinski definition) is 2. The van der Waals surface area contributed by atoms with E-state index in [1.165, 1.54) is 31.4 Å². The number of rotatable bonds is 3. The number of phenols is 1. The summed E-state index contributed by atoms with van der Waals surface area (Å²) in [5, 5.41) is 18.0. The van der Waals surface area contributed by atoms with Gasteiger partial charge < -0.3 is 15.6 Å². The maximum Gasteiger partial charge on any atom is 0.259 e. The fraction of sp³-hybridized carbons (Fsp3) is 0.0909. The monoisotopic (exact) mass is 218 g/mol. The molecule has 0 spiro atoms. The van der Waals surface area contributed by atoms with Gasteiger partial charge in [0.2, 0.25) is 0 Å². The van der Waals surface area contributed by atoms with E-state index in [0.717, 1.165) is 0 Å². The summed E-state index contributed by atoms with van der Waals surface area (Å²) in [6, 6.07) is 6.12. The van der Waals surface area contributed by atoms with Gasteiger partial charge in [-0.15, -0.1) is 0 Å². The highest BCUT2D eigenvalue weighted by Crippen LogP contribution is 2.27. The average molecular weight is 218 g/mol. The van der Waals surface area contributed by atoms with Crippen LogP contribution in [0.4, 0.5) is 0 Å². The van der Waals surface area contributed by atoms with Crippen LogP contribution in [0.15, 0.2) is 23.8 Å². The topological polar surface area (TPSA) is 96.3 Å². The van der Waals surface area contributed by atoms with Gasteiger partial charge in [-0.2, -0.15) is 5.26 Å². The number of carbonyl (C=O) groups is 1. The number of nitriles is 1. The van der Waals surface area contributed by atoms with Crippen LogP contribution >= 0.6 is 0 Å². The Morgan fingerprint density at radius 1 is 1.62 bits per heavy atom. The number of aromatic hydroxyl groups is 1. The Bertz CT molecular complexity index is 486. The first-order chi connectivity index (χ1) is 7.58. The van der Waals surface area contributed by atoms with Crippen molar-refractivity contribution in [2.75, 3.05) is 7.11 Å². The first-order valence-corrected chi connectivity index (χ1v) is 4.37. The molecule has 1 rings (SSSR count). The molecule has 0 saturated heterocycles. The minimum Gasteiger partial charge on any atom is -0.504 e. The van der Waals surface area contributed by atoms with E-state index in [1.807, 2.05) is 0 Å². The zero-order chi connectivity index (χ0) is 12.1. The minimum atomic E-state index is -0.797. The Hall–Kier alpha value is -2.48. The van der Waals surface area contributed by atoms with E-state index in [4.69, 9.17) is 15.7 Å². The standard InChI is InChI=1S/C11H10N2O3/c1-16-10-5-7(2-3-9(10)14)4-8(6-12)11(13)15/h2-5,14H,1H3,(H2,13,15). The Morgan fingerprint density at radius 2 is 2.31 bits per heavy atom. The van der Waals surface area contributed by atoms with E-state index in [0.29, 0.717) is 5.56 Å². The second kappa shape index (κ2) is 4.84. The van der Waals surface area contributed by atoms with Crippen molar-refractivity contribution >= 4 is 12.0 Å². The third-order valence-corrected chi connectivity index (χ3v) is 1.90. The maximum atomic E-state index is 10.8. The van der Waals surface area contributed by atoms with Crippen molar-refractivity contribution < 1.29 is 14.6 Å². The predicted octanol–water partition coefficient (Wildman–Crippen LogP) is 0.793. The molecular formula is C11H10N2O3. The minimum absolute atomic E-state index is 0.0165. The molecule has 0 fully saturated rings. The molecule has 0 unspecified atom stereocenters. The first kappa shape index (κ1) is 11.6. The van der Waals surface area contributed by atoms with Crippen LogP contribution in [0.1, 0.15) is 5.56 Å². The van der Waals surface area contributed by atoms with Gasteiger partial charge in [0.05, 0.1) is 7.11 Å². The van der Waals surface area contributed by atoms with E-state index < -0.39 is 5.91 Å². The van der Waals surface area contributed by atoms with Crippen LogP contribution in [0.3, 0.4) is 0 Å². The summed E-state index contributed by atoms with van der Waals surface area (Å²) in [5.41, 5.74) is 5.37. The number of carbonyl (C=O) groups excluding carboxylic acids is 1. The molecule has 1 amide bonds. The lowest BCUT2D eigenvalue weighted by Crippen LogP contribution is -2.12. The Morgan fingerprint density at radius 3 is 2.81 bits per heavy atom. The van der Waals surface area contributed by atoms with Crippen LogP contribution in [0.2, 0.25) is 0 Å². The Kier molecular flexibility index (Phi) is 3.51. The van der Waals surface area contributed by atoms with Crippen molar-refractivity contribution in [3.63, 3.8) is 0 Å². The number of hydrogen-bond acceptors (Lipinski definition) is 4. The van der Waals surface area contributed by atoms with Gasteiger partial charge in [0.25, 0.3) is 5.91 Å². The molecule has 0 heterocycles. The van der Waals surface area contributed by atoms with Crippen molar-refractivity contribution in [2.24, 2.45) is 5.73 Å². The summed E-state index contributed by atoms with van der Waals surface area (Å²) in [6.45, 7) is 0. The smallest absolute Gasteiger partial charge is 0.259 e. The molecule has 5 nitrogen and oxygen atoms in total. The zero-order valence-electron chi connectivity index (χ0n) is 8.60. The summed E-state index contributed by atoms with van der Waals surface area (Å²) in [7, 11) is 1.40. The number of amides is 1. The molecule has 0 aliphatic heterocycles. The van der Waals surface area contributed by atoms with Crippen LogP contribution < -0.4 is 10.5 Å². The molecule has 0 aliphatic rings. The summed E-state index contributed by atoms with van der Waals surface area (Å²) < 4.78 is 4.88. The molecule has 0 saturated carbocycles. The summed E-state index contributed by atoms with van der Waals surface area (Å²) in [5.74, 6) is -0.553. The lowest BCUT2D eigenvalue weighted by Gasteiger charge is -2.03. The largest absolute Gasteiger partial charge is 0.504 e. The lowest BCUT2D eigenvalue weighted by molar-refractivity contribution is -0.114. The molecular weight excluding hydrogens is 208 g/mol. The van der Waals surface area contributed by atoms with Crippen LogP contribution in [0.25, 0.3) is 6.08 Å². The normalized spacial score (nSPS) is 10.6. The van der Waals surface area contributed by atoms with Crippen molar-refractivity contribution in [2.45, 2.75) is 0 Å². The molecule has 3 N–H and O–H groups in total.